The monoisotopic (exact) mass is 180 g/mol. The SMILES string of the molecule is OCc1cc(N2C[CH]C2)ccc1F. The maximum Gasteiger partial charge on any atom is 0.128 e. The first-order chi connectivity index (χ1) is 6.31. The van der Waals surface area contributed by atoms with Crippen LogP contribution in [-0.2, 0) is 6.61 Å². The maximum atomic E-state index is 13.0. The summed E-state index contributed by atoms with van der Waals surface area (Å²) in [5.41, 5.74) is 1.34. The van der Waals surface area contributed by atoms with Crippen molar-refractivity contribution in [2.24, 2.45) is 0 Å². The van der Waals surface area contributed by atoms with Gasteiger partial charge in [0, 0.05) is 30.8 Å². The highest BCUT2D eigenvalue weighted by molar-refractivity contribution is 5.52. The van der Waals surface area contributed by atoms with Crippen LogP contribution < -0.4 is 4.90 Å². The molecule has 1 aliphatic heterocycles. The number of rotatable bonds is 2. The fraction of sp³-hybridized carbons (Fsp3) is 0.300. The quantitative estimate of drug-likeness (QED) is 0.742. The molecule has 1 fully saturated rings. The van der Waals surface area contributed by atoms with Crippen LogP contribution >= 0.6 is 0 Å². The van der Waals surface area contributed by atoms with Crippen LogP contribution in [0.5, 0.6) is 0 Å². The summed E-state index contributed by atoms with van der Waals surface area (Å²) >= 11 is 0. The van der Waals surface area contributed by atoms with Crippen molar-refractivity contribution in [2.75, 3.05) is 18.0 Å². The molecule has 69 valence electrons. The second-order valence-electron chi connectivity index (χ2n) is 3.13. The van der Waals surface area contributed by atoms with Gasteiger partial charge < -0.3 is 10.0 Å². The lowest BCUT2D eigenvalue weighted by Crippen LogP contribution is -2.37. The third kappa shape index (κ3) is 1.52. The Morgan fingerprint density at radius 2 is 2.15 bits per heavy atom. The van der Waals surface area contributed by atoms with Crippen molar-refractivity contribution < 1.29 is 9.50 Å². The van der Waals surface area contributed by atoms with Crippen molar-refractivity contribution in [2.45, 2.75) is 6.61 Å². The summed E-state index contributed by atoms with van der Waals surface area (Å²) in [4.78, 5) is 2.11. The number of halogens is 1. The van der Waals surface area contributed by atoms with Crippen LogP contribution in [-0.4, -0.2) is 18.2 Å². The average Bonchev–Trinajstić information content (AvgIpc) is 2.05. The van der Waals surface area contributed by atoms with E-state index in [-0.39, 0.29) is 12.4 Å². The topological polar surface area (TPSA) is 23.5 Å². The first-order valence-electron chi connectivity index (χ1n) is 4.27. The van der Waals surface area contributed by atoms with Crippen LogP contribution in [0.1, 0.15) is 5.56 Å². The highest BCUT2D eigenvalue weighted by atomic mass is 19.1. The standard InChI is InChI=1S/C10H11FNO/c11-10-3-2-9(6-8(10)7-13)12-4-1-5-12/h1-3,6,13H,4-5,7H2. The smallest absolute Gasteiger partial charge is 0.128 e. The van der Waals surface area contributed by atoms with Gasteiger partial charge in [0.15, 0.2) is 0 Å². The molecule has 0 unspecified atom stereocenters. The Bertz CT molecular complexity index is 310. The second-order valence-corrected chi connectivity index (χ2v) is 3.13. The molecule has 0 aliphatic carbocycles. The van der Waals surface area contributed by atoms with Gasteiger partial charge in [0.25, 0.3) is 0 Å². The van der Waals surface area contributed by atoms with E-state index in [1.165, 1.54) is 6.07 Å². The van der Waals surface area contributed by atoms with E-state index in [1.54, 1.807) is 12.1 Å². The third-order valence-corrected chi connectivity index (χ3v) is 2.26. The van der Waals surface area contributed by atoms with Crippen molar-refractivity contribution in [3.63, 3.8) is 0 Å². The molecule has 1 heterocycles. The minimum absolute atomic E-state index is 0.239. The molecule has 2 rings (SSSR count). The number of anilines is 1. The first-order valence-corrected chi connectivity index (χ1v) is 4.27. The van der Waals surface area contributed by atoms with Gasteiger partial charge in [-0.3, -0.25) is 0 Å². The van der Waals surface area contributed by atoms with Crippen LogP contribution in [0, 0.1) is 12.2 Å². The summed E-state index contributed by atoms with van der Waals surface area (Å²) in [6.07, 6.45) is 2.14. The third-order valence-electron chi connectivity index (χ3n) is 2.26. The Kier molecular flexibility index (Phi) is 2.19. The van der Waals surface area contributed by atoms with Gasteiger partial charge in [-0.15, -0.1) is 0 Å². The molecule has 0 bridgehead atoms. The van der Waals surface area contributed by atoms with Crippen LogP contribution in [0.3, 0.4) is 0 Å². The van der Waals surface area contributed by atoms with Gasteiger partial charge in [-0.2, -0.15) is 0 Å². The Hall–Kier alpha value is -1.09. The molecule has 1 radical (unpaired) electrons. The summed E-state index contributed by atoms with van der Waals surface area (Å²) < 4.78 is 13.0. The van der Waals surface area contributed by atoms with E-state index in [9.17, 15) is 4.39 Å². The van der Waals surface area contributed by atoms with Crippen molar-refractivity contribution in [1.82, 2.24) is 0 Å². The highest BCUT2D eigenvalue weighted by Crippen LogP contribution is 2.22. The summed E-state index contributed by atoms with van der Waals surface area (Å²) in [5, 5.41) is 8.85. The molecule has 2 nitrogen and oxygen atoms in total. The Labute approximate surface area is 76.6 Å². The van der Waals surface area contributed by atoms with Gasteiger partial charge in [0.05, 0.1) is 6.61 Å². The molecule has 1 saturated heterocycles. The zero-order valence-corrected chi connectivity index (χ0v) is 7.20. The molecule has 0 spiro atoms. The number of hydrogen-bond acceptors (Lipinski definition) is 2. The number of hydrogen-bond donors (Lipinski definition) is 1. The molecule has 0 saturated carbocycles. The van der Waals surface area contributed by atoms with Crippen LogP contribution in [0.25, 0.3) is 0 Å². The molecule has 3 heteroatoms. The molecular formula is C10H11FNO. The van der Waals surface area contributed by atoms with E-state index in [2.05, 4.69) is 11.3 Å². The van der Waals surface area contributed by atoms with Gasteiger partial charge >= 0.3 is 0 Å². The fourth-order valence-electron chi connectivity index (χ4n) is 1.35. The number of aliphatic hydroxyl groups is 1. The van der Waals surface area contributed by atoms with E-state index in [0.717, 1.165) is 18.8 Å². The number of aliphatic hydroxyl groups excluding tert-OH is 1. The first kappa shape index (κ1) is 8.51. The summed E-state index contributed by atoms with van der Waals surface area (Å²) in [6, 6.07) is 4.84. The van der Waals surface area contributed by atoms with Crippen molar-refractivity contribution in [1.29, 1.82) is 0 Å². The normalized spacial score (nSPS) is 15.7. The molecule has 0 aromatic heterocycles. The molecule has 1 N–H and O–H groups in total. The van der Waals surface area contributed by atoms with Crippen LogP contribution in [0.4, 0.5) is 10.1 Å². The molecule has 1 aliphatic rings. The minimum Gasteiger partial charge on any atom is -0.392 e. The highest BCUT2D eigenvalue weighted by Gasteiger charge is 2.15. The van der Waals surface area contributed by atoms with Gasteiger partial charge in [-0.1, -0.05) is 0 Å². The summed E-state index contributed by atoms with van der Waals surface area (Å²) in [6.45, 7) is 1.59. The van der Waals surface area contributed by atoms with E-state index in [1.807, 2.05) is 0 Å². The molecule has 1 aromatic carbocycles. The summed E-state index contributed by atoms with van der Waals surface area (Å²) in [5.74, 6) is -0.337. The van der Waals surface area contributed by atoms with E-state index >= 15 is 0 Å². The Morgan fingerprint density at radius 1 is 1.38 bits per heavy atom. The minimum atomic E-state index is -0.337. The molecule has 0 atom stereocenters. The molecule has 1 aromatic rings. The zero-order chi connectivity index (χ0) is 9.26. The predicted molar refractivity (Wildman–Crippen MR) is 48.8 cm³/mol. The van der Waals surface area contributed by atoms with Gasteiger partial charge in [0.1, 0.15) is 5.82 Å². The van der Waals surface area contributed by atoms with E-state index in [0.29, 0.717) is 5.56 Å². The lowest BCUT2D eigenvalue weighted by molar-refractivity contribution is 0.276. The van der Waals surface area contributed by atoms with Gasteiger partial charge in [-0.05, 0) is 18.2 Å². The van der Waals surface area contributed by atoms with Crippen molar-refractivity contribution >= 4 is 5.69 Å². The number of nitrogens with zero attached hydrogens (tertiary/aromatic N) is 1. The van der Waals surface area contributed by atoms with Crippen LogP contribution in [0.15, 0.2) is 18.2 Å². The fourth-order valence-corrected chi connectivity index (χ4v) is 1.35. The largest absolute Gasteiger partial charge is 0.392 e. The van der Waals surface area contributed by atoms with Crippen molar-refractivity contribution in [3.8, 4) is 0 Å². The second kappa shape index (κ2) is 3.34. The van der Waals surface area contributed by atoms with Crippen molar-refractivity contribution in [3.05, 3.63) is 36.0 Å². The van der Waals surface area contributed by atoms with E-state index < -0.39 is 0 Å². The van der Waals surface area contributed by atoms with Gasteiger partial charge in [-0.25, -0.2) is 4.39 Å². The Morgan fingerprint density at radius 3 is 2.69 bits per heavy atom. The lowest BCUT2D eigenvalue weighted by atomic mass is 10.1. The predicted octanol–water partition coefficient (Wildman–Crippen LogP) is 1.34. The average molecular weight is 180 g/mol. The number of benzene rings is 1. The van der Waals surface area contributed by atoms with Crippen LogP contribution in [0.2, 0.25) is 0 Å². The lowest BCUT2D eigenvalue weighted by Gasteiger charge is -2.33. The van der Waals surface area contributed by atoms with Gasteiger partial charge in [0.2, 0.25) is 0 Å². The molecular weight excluding hydrogens is 169 g/mol. The molecule has 0 amide bonds. The Balaban J connectivity index is 2.26. The summed E-state index contributed by atoms with van der Waals surface area (Å²) in [7, 11) is 0. The van der Waals surface area contributed by atoms with E-state index in [4.69, 9.17) is 5.11 Å². The zero-order valence-electron chi connectivity index (χ0n) is 7.20. The maximum absolute atomic E-state index is 13.0. The molecule has 13 heavy (non-hydrogen) atoms.